The predicted octanol–water partition coefficient (Wildman–Crippen LogP) is 5.52. The molecule has 0 radical (unpaired) electrons. The van der Waals surface area contributed by atoms with Gasteiger partial charge >= 0.3 is 12.1 Å². The molecule has 0 saturated carbocycles. The molecule has 2 aromatic rings. The summed E-state index contributed by atoms with van der Waals surface area (Å²) < 4.78 is 25.1. The summed E-state index contributed by atoms with van der Waals surface area (Å²) in [6.45, 7) is 4.28. The Hall–Kier alpha value is -3.26. The van der Waals surface area contributed by atoms with Crippen LogP contribution in [0.15, 0.2) is 60.7 Å². The summed E-state index contributed by atoms with van der Waals surface area (Å²) in [7, 11) is 1.65. The van der Waals surface area contributed by atoms with E-state index in [2.05, 4.69) is 0 Å². The first-order chi connectivity index (χ1) is 18.4. The lowest BCUT2D eigenvalue weighted by Gasteiger charge is -2.35. The number of carbonyl (C=O) groups is 3. The normalized spacial score (nSPS) is 20.9. The third kappa shape index (κ3) is 7.87. The van der Waals surface area contributed by atoms with Crippen LogP contribution >= 0.6 is 0 Å². The van der Waals surface area contributed by atoms with E-state index in [0.717, 1.165) is 17.4 Å². The Morgan fingerprint density at radius 2 is 1.71 bits per heavy atom. The lowest BCUT2D eigenvalue weighted by atomic mass is 9.93. The van der Waals surface area contributed by atoms with Gasteiger partial charge in [-0.1, -0.05) is 74.5 Å². The number of halogens is 1. The molecule has 38 heavy (non-hydrogen) atoms. The maximum Gasteiger partial charge on any atom is 0.410 e. The van der Waals surface area contributed by atoms with Gasteiger partial charge < -0.3 is 19.2 Å². The van der Waals surface area contributed by atoms with Crippen LogP contribution in [0, 0.1) is 5.92 Å². The number of hydrogen-bond acceptors (Lipinski definition) is 6. The van der Waals surface area contributed by atoms with E-state index in [1.165, 1.54) is 4.90 Å². The lowest BCUT2D eigenvalue weighted by Crippen LogP contribution is -2.48. The van der Waals surface area contributed by atoms with Crippen molar-refractivity contribution in [2.45, 2.75) is 83.6 Å². The largest absolute Gasteiger partial charge is 0.445 e. The lowest BCUT2D eigenvalue weighted by molar-refractivity contribution is -0.164. The highest BCUT2D eigenvalue weighted by molar-refractivity contribution is 5.77. The van der Waals surface area contributed by atoms with Crippen molar-refractivity contribution in [2.75, 3.05) is 7.05 Å². The van der Waals surface area contributed by atoms with Gasteiger partial charge in [0.15, 0.2) is 0 Å². The van der Waals surface area contributed by atoms with Crippen molar-refractivity contribution in [3.8, 4) is 0 Å². The van der Waals surface area contributed by atoms with Gasteiger partial charge in [-0.3, -0.25) is 9.69 Å². The number of rotatable bonds is 13. The molecule has 1 saturated heterocycles. The molecule has 0 bridgehead atoms. The number of amides is 1. The summed E-state index contributed by atoms with van der Waals surface area (Å²) in [6.07, 6.45) is 0.723. The van der Waals surface area contributed by atoms with Crippen LogP contribution in [-0.4, -0.2) is 59.7 Å². The number of esters is 1. The van der Waals surface area contributed by atoms with Gasteiger partial charge in [-0.2, -0.15) is 0 Å². The van der Waals surface area contributed by atoms with Crippen LogP contribution in [0.2, 0.25) is 0 Å². The number of likely N-dealkylation sites (N-methyl/N-ethyl adjacent to an activating group) is 1. The van der Waals surface area contributed by atoms with Crippen molar-refractivity contribution in [3.05, 3.63) is 71.8 Å². The van der Waals surface area contributed by atoms with Crippen molar-refractivity contribution < 1.29 is 28.2 Å². The zero-order chi connectivity index (χ0) is 27.5. The van der Waals surface area contributed by atoms with Gasteiger partial charge in [0.05, 0.1) is 6.04 Å². The second-order valence-electron chi connectivity index (χ2n) is 9.87. The first kappa shape index (κ1) is 29.3. The number of aldehydes is 1. The van der Waals surface area contributed by atoms with E-state index in [-0.39, 0.29) is 31.4 Å². The highest BCUT2D eigenvalue weighted by Gasteiger charge is 2.48. The monoisotopic (exact) mass is 526 g/mol. The summed E-state index contributed by atoms with van der Waals surface area (Å²) in [5, 5.41) is 0. The standard InChI is InChI=1S/C30H39FN2O5/c1-4-12-28(31)38-29(35)27-18-25(32(3)30(36)37-21-24-15-10-7-11-16-24)26(17-22(5-2)20-34)33(27)19-23-13-8-6-9-14-23/h6-11,13-16,20,22,25-28H,4-5,12,17-19,21H2,1-3H3/t22?,25-,26-,27-,28?/m1/s1. The number of nitrogens with zero attached hydrogens (tertiary/aromatic N) is 2. The highest BCUT2D eigenvalue weighted by atomic mass is 19.1. The van der Waals surface area contributed by atoms with E-state index >= 15 is 0 Å². The Balaban J connectivity index is 1.88. The second-order valence-corrected chi connectivity index (χ2v) is 9.87. The number of carbonyl (C=O) groups excluding carboxylic acids is 3. The van der Waals surface area contributed by atoms with Crippen LogP contribution < -0.4 is 0 Å². The van der Waals surface area contributed by atoms with Gasteiger partial charge in [-0.25, -0.2) is 9.18 Å². The summed E-state index contributed by atoms with van der Waals surface area (Å²) in [6, 6.07) is 17.5. The molecule has 1 aliphatic rings. The predicted molar refractivity (Wildman–Crippen MR) is 143 cm³/mol. The number of likely N-dealkylation sites (tertiary alicyclic amines) is 1. The Morgan fingerprint density at radius 3 is 2.29 bits per heavy atom. The van der Waals surface area contributed by atoms with Gasteiger partial charge in [0, 0.05) is 32.0 Å². The SMILES string of the molecule is CCCC(F)OC(=O)[C@H]1C[C@@H](N(C)C(=O)OCc2ccccc2)[C@@H](CC(C=O)CC)N1Cc1ccccc1. The van der Waals surface area contributed by atoms with E-state index in [0.29, 0.717) is 25.8 Å². The quantitative estimate of drug-likeness (QED) is 0.253. The molecular formula is C30H39FN2O5. The van der Waals surface area contributed by atoms with Crippen LogP contribution in [0.5, 0.6) is 0 Å². The molecule has 3 rings (SSSR count). The van der Waals surface area contributed by atoms with Gasteiger partial charge in [-0.15, -0.1) is 0 Å². The molecular weight excluding hydrogens is 487 g/mol. The van der Waals surface area contributed by atoms with E-state index in [4.69, 9.17) is 9.47 Å². The van der Waals surface area contributed by atoms with E-state index in [1.54, 1.807) is 7.05 Å². The molecule has 5 atom stereocenters. The van der Waals surface area contributed by atoms with Crippen LogP contribution in [0.25, 0.3) is 0 Å². The summed E-state index contributed by atoms with van der Waals surface area (Å²) in [5.74, 6) is -0.905. The topological polar surface area (TPSA) is 76.1 Å². The first-order valence-corrected chi connectivity index (χ1v) is 13.4. The fourth-order valence-electron chi connectivity index (χ4n) is 5.01. The Morgan fingerprint density at radius 1 is 1.08 bits per heavy atom. The summed E-state index contributed by atoms with van der Waals surface area (Å²) in [5.41, 5.74) is 1.83. The molecule has 0 spiro atoms. The summed E-state index contributed by atoms with van der Waals surface area (Å²) in [4.78, 5) is 41.7. The number of hydrogen-bond donors (Lipinski definition) is 0. The van der Waals surface area contributed by atoms with Crippen molar-refractivity contribution in [1.29, 1.82) is 0 Å². The van der Waals surface area contributed by atoms with Gasteiger partial charge in [0.1, 0.15) is 18.9 Å². The van der Waals surface area contributed by atoms with Crippen molar-refractivity contribution in [1.82, 2.24) is 9.80 Å². The molecule has 0 N–H and O–H groups in total. The highest BCUT2D eigenvalue weighted by Crippen LogP contribution is 2.35. The minimum absolute atomic E-state index is 0.118. The van der Waals surface area contributed by atoms with Crippen LogP contribution in [-0.2, 0) is 32.2 Å². The molecule has 2 unspecified atom stereocenters. The molecule has 8 heteroatoms. The van der Waals surface area contributed by atoms with Gasteiger partial charge in [0.2, 0.25) is 6.36 Å². The molecule has 1 heterocycles. The third-order valence-corrected chi connectivity index (χ3v) is 7.23. The number of alkyl halides is 1. The van der Waals surface area contributed by atoms with E-state index < -0.39 is 30.5 Å². The van der Waals surface area contributed by atoms with Crippen molar-refractivity contribution >= 4 is 18.3 Å². The average molecular weight is 527 g/mol. The maximum absolute atomic E-state index is 14.3. The van der Waals surface area contributed by atoms with Crippen molar-refractivity contribution in [3.63, 3.8) is 0 Å². The molecule has 1 aliphatic heterocycles. The van der Waals surface area contributed by atoms with E-state index in [1.807, 2.05) is 79.4 Å². The molecule has 206 valence electrons. The average Bonchev–Trinajstić information content (AvgIpc) is 3.28. The minimum atomic E-state index is -1.68. The van der Waals surface area contributed by atoms with Crippen LogP contribution in [0.1, 0.15) is 57.1 Å². The van der Waals surface area contributed by atoms with Crippen molar-refractivity contribution in [2.24, 2.45) is 5.92 Å². The molecule has 0 aliphatic carbocycles. The zero-order valence-electron chi connectivity index (χ0n) is 22.5. The second kappa shape index (κ2) is 14.6. The molecule has 1 fully saturated rings. The van der Waals surface area contributed by atoms with Gasteiger partial charge in [0.25, 0.3) is 0 Å². The molecule has 0 aromatic heterocycles. The smallest absolute Gasteiger partial charge is 0.410 e. The zero-order valence-corrected chi connectivity index (χ0v) is 22.5. The van der Waals surface area contributed by atoms with E-state index in [9.17, 15) is 18.8 Å². The summed E-state index contributed by atoms with van der Waals surface area (Å²) >= 11 is 0. The first-order valence-electron chi connectivity index (χ1n) is 13.4. The Labute approximate surface area is 224 Å². The third-order valence-electron chi connectivity index (χ3n) is 7.23. The fourth-order valence-corrected chi connectivity index (χ4v) is 5.01. The Bertz CT molecular complexity index is 1020. The molecule has 7 nitrogen and oxygen atoms in total. The molecule has 2 aromatic carbocycles. The molecule has 1 amide bonds. The van der Waals surface area contributed by atoms with Gasteiger partial charge in [-0.05, 0) is 36.8 Å². The van der Waals surface area contributed by atoms with Crippen LogP contribution in [0.3, 0.4) is 0 Å². The fraction of sp³-hybridized carbons (Fsp3) is 0.500. The number of benzene rings is 2. The van der Waals surface area contributed by atoms with Crippen LogP contribution in [0.4, 0.5) is 9.18 Å². The minimum Gasteiger partial charge on any atom is -0.445 e. The maximum atomic E-state index is 14.3. The Kier molecular flexibility index (Phi) is 11.3. The number of ether oxygens (including phenoxy) is 2.